The molecule has 0 saturated carbocycles. The molecule has 3 heterocycles. The SMILES string of the molecule is C[C@@H]1[C@@H]([Si](C)(C)F)[C@H](CC(=O)N2CCC[C@H]2CO)O[C@@H]1CCc1cccc(N2CCC2=O)c1. The first-order valence-electron chi connectivity index (χ1n) is 12.3. The Labute approximate surface area is 197 Å². The summed E-state index contributed by atoms with van der Waals surface area (Å²) in [6, 6.07) is 7.94. The zero-order chi connectivity index (χ0) is 23.8. The molecule has 0 bridgehead atoms. The summed E-state index contributed by atoms with van der Waals surface area (Å²) in [5.74, 6) is 0.174. The van der Waals surface area contributed by atoms with Crippen molar-refractivity contribution in [3.63, 3.8) is 0 Å². The summed E-state index contributed by atoms with van der Waals surface area (Å²) in [7, 11) is -3.05. The van der Waals surface area contributed by atoms with Crippen molar-refractivity contribution in [3.8, 4) is 0 Å². The van der Waals surface area contributed by atoms with E-state index in [1.807, 2.05) is 12.1 Å². The molecule has 182 valence electrons. The summed E-state index contributed by atoms with van der Waals surface area (Å²) < 4.78 is 21.8. The number of benzene rings is 1. The van der Waals surface area contributed by atoms with Gasteiger partial charge in [0.15, 0.2) is 0 Å². The first-order chi connectivity index (χ1) is 15.7. The highest BCUT2D eigenvalue weighted by atomic mass is 28.4. The normalized spacial score (nSPS) is 30.1. The van der Waals surface area contributed by atoms with Crippen molar-refractivity contribution in [1.82, 2.24) is 4.90 Å². The molecule has 0 unspecified atom stereocenters. The molecule has 5 atom stereocenters. The quantitative estimate of drug-likeness (QED) is 0.353. The van der Waals surface area contributed by atoms with Gasteiger partial charge in [-0.1, -0.05) is 19.1 Å². The van der Waals surface area contributed by atoms with E-state index in [9.17, 15) is 14.7 Å². The summed E-state index contributed by atoms with van der Waals surface area (Å²) in [5.41, 5.74) is 1.84. The van der Waals surface area contributed by atoms with E-state index in [4.69, 9.17) is 4.74 Å². The minimum absolute atomic E-state index is 0.0227. The Morgan fingerprint density at radius 3 is 2.70 bits per heavy atom. The van der Waals surface area contributed by atoms with Crippen molar-refractivity contribution in [3.05, 3.63) is 29.8 Å². The van der Waals surface area contributed by atoms with E-state index >= 15 is 4.11 Å². The summed E-state index contributed by atoms with van der Waals surface area (Å²) in [5, 5.41) is 9.58. The maximum absolute atomic E-state index is 15.4. The number of rotatable bonds is 8. The van der Waals surface area contributed by atoms with Crippen molar-refractivity contribution >= 4 is 25.9 Å². The Kier molecular flexibility index (Phi) is 7.26. The Morgan fingerprint density at radius 1 is 1.27 bits per heavy atom. The zero-order valence-electron chi connectivity index (χ0n) is 20.0. The number of β-lactam (4-membered cyclic amide) rings is 1. The van der Waals surface area contributed by atoms with E-state index in [0.29, 0.717) is 13.0 Å². The fourth-order valence-corrected chi connectivity index (χ4v) is 8.54. The molecule has 3 aliphatic heterocycles. The minimum atomic E-state index is -3.05. The number of hydrogen-bond donors (Lipinski definition) is 1. The maximum atomic E-state index is 15.4. The highest BCUT2D eigenvalue weighted by Crippen LogP contribution is 2.47. The Balaban J connectivity index is 1.41. The molecular weight excluding hydrogens is 439 g/mol. The smallest absolute Gasteiger partial charge is 0.246 e. The second-order valence-electron chi connectivity index (χ2n) is 10.4. The lowest BCUT2D eigenvalue weighted by Crippen LogP contribution is -2.43. The first-order valence-corrected chi connectivity index (χ1v) is 15.3. The number of nitrogens with zero attached hydrogens (tertiary/aromatic N) is 2. The fraction of sp³-hybridized carbons (Fsp3) is 0.680. The van der Waals surface area contributed by atoms with Gasteiger partial charge in [0, 0.05) is 30.7 Å². The lowest BCUT2D eigenvalue weighted by molar-refractivity contribution is -0.135. The van der Waals surface area contributed by atoms with Crippen molar-refractivity contribution in [2.24, 2.45) is 5.92 Å². The van der Waals surface area contributed by atoms with Crippen LogP contribution in [0.25, 0.3) is 0 Å². The van der Waals surface area contributed by atoms with Gasteiger partial charge in [0.2, 0.25) is 20.2 Å². The van der Waals surface area contributed by atoms with Gasteiger partial charge in [-0.3, -0.25) is 9.59 Å². The molecule has 4 rings (SSSR count). The number of amides is 2. The van der Waals surface area contributed by atoms with Crippen LogP contribution in [0.15, 0.2) is 24.3 Å². The molecule has 6 nitrogen and oxygen atoms in total. The van der Waals surface area contributed by atoms with Crippen LogP contribution in [0, 0.1) is 5.92 Å². The molecule has 3 aliphatic rings. The van der Waals surface area contributed by atoms with Gasteiger partial charge >= 0.3 is 0 Å². The number of carbonyl (C=O) groups is 2. The van der Waals surface area contributed by atoms with Crippen molar-refractivity contribution in [1.29, 1.82) is 0 Å². The first kappa shape index (κ1) is 24.4. The molecule has 0 radical (unpaired) electrons. The molecule has 1 aromatic carbocycles. The molecule has 3 fully saturated rings. The van der Waals surface area contributed by atoms with Crippen LogP contribution >= 0.6 is 0 Å². The van der Waals surface area contributed by atoms with Gasteiger partial charge in [-0.05, 0) is 62.4 Å². The standard InChI is InChI=1S/C25H37FN2O4Si/c1-17-21(10-9-18-6-4-7-19(14-18)28-13-11-23(28)30)32-22(25(17)33(2,3)26)15-24(31)27-12-5-8-20(27)16-29/h4,6-7,14,17,20-22,25,29H,5,8-13,15-16H2,1-3H3/t17-,20-,21+,22-,25+/m0/s1. The number of likely N-dealkylation sites (tertiary alicyclic amines) is 1. The third kappa shape index (κ3) is 5.17. The van der Waals surface area contributed by atoms with Crippen LogP contribution in [0.1, 0.15) is 44.6 Å². The second kappa shape index (κ2) is 9.84. The van der Waals surface area contributed by atoms with E-state index in [1.54, 1.807) is 22.9 Å². The molecule has 8 heteroatoms. The zero-order valence-corrected chi connectivity index (χ0v) is 21.0. The molecule has 2 amide bonds. The Bertz CT molecular complexity index is 876. The molecule has 1 N–H and O–H groups in total. The van der Waals surface area contributed by atoms with Crippen LogP contribution < -0.4 is 4.90 Å². The number of anilines is 1. The van der Waals surface area contributed by atoms with Gasteiger partial charge in [0.25, 0.3) is 0 Å². The molecule has 33 heavy (non-hydrogen) atoms. The van der Waals surface area contributed by atoms with Crippen molar-refractivity contribution in [2.45, 2.75) is 82.3 Å². The molecule has 0 aromatic heterocycles. The van der Waals surface area contributed by atoms with Gasteiger partial charge in [-0.2, -0.15) is 0 Å². The lowest BCUT2D eigenvalue weighted by atomic mass is 9.94. The van der Waals surface area contributed by atoms with Gasteiger partial charge < -0.3 is 23.8 Å². The Hall–Kier alpha value is -1.77. The predicted octanol–water partition coefficient (Wildman–Crippen LogP) is 3.68. The van der Waals surface area contributed by atoms with Crippen LogP contribution in [0.2, 0.25) is 18.6 Å². The van der Waals surface area contributed by atoms with Crippen molar-refractivity contribution in [2.75, 3.05) is 24.6 Å². The summed E-state index contributed by atoms with van der Waals surface area (Å²) >= 11 is 0. The van der Waals surface area contributed by atoms with E-state index in [0.717, 1.165) is 43.5 Å². The van der Waals surface area contributed by atoms with Crippen LogP contribution in [0.4, 0.5) is 9.80 Å². The van der Waals surface area contributed by atoms with Gasteiger partial charge in [-0.25, -0.2) is 0 Å². The number of aliphatic hydroxyl groups is 1. The molecule has 3 saturated heterocycles. The van der Waals surface area contributed by atoms with E-state index in [1.165, 1.54) is 0 Å². The van der Waals surface area contributed by atoms with Crippen LogP contribution in [-0.4, -0.2) is 68.2 Å². The average Bonchev–Trinajstić information content (AvgIpc) is 3.35. The van der Waals surface area contributed by atoms with E-state index in [2.05, 4.69) is 19.1 Å². The third-order valence-corrected chi connectivity index (χ3v) is 10.3. The number of aliphatic hydroxyl groups excluding tert-OH is 1. The monoisotopic (exact) mass is 476 g/mol. The summed E-state index contributed by atoms with van der Waals surface area (Å²) in [6.45, 7) is 6.91. The maximum Gasteiger partial charge on any atom is 0.246 e. The van der Waals surface area contributed by atoms with Gasteiger partial charge in [-0.15, -0.1) is 0 Å². The number of halogens is 1. The lowest BCUT2D eigenvalue weighted by Gasteiger charge is -2.31. The molecule has 0 aliphatic carbocycles. The van der Waals surface area contributed by atoms with Gasteiger partial charge in [0.1, 0.15) is 0 Å². The second-order valence-corrected chi connectivity index (χ2v) is 14.2. The number of ether oxygens (including phenoxy) is 1. The fourth-order valence-electron chi connectivity index (χ4n) is 6.00. The van der Waals surface area contributed by atoms with Crippen molar-refractivity contribution < 1.29 is 23.5 Å². The average molecular weight is 477 g/mol. The molecule has 0 spiro atoms. The molecule has 1 aromatic rings. The van der Waals surface area contributed by atoms with E-state index < -0.39 is 14.5 Å². The van der Waals surface area contributed by atoms with E-state index in [-0.39, 0.29) is 48.4 Å². The number of carbonyl (C=O) groups excluding carboxylic acids is 2. The summed E-state index contributed by atoms with van der Waals surface area (Å²) in [4.78, 5) is 28.3. The molecular formula is C25H37FN2O4Si. The topological polar surface area (TPSA) is 70.1 Å². The number of aryl methyl sites for hydroxylation is 1. The third-order valence-electron chi connectivity index (χ3n) is 7.77. The minimum Gasteiger partial charge on any atom is -0.394 e. The highest BCUT2D eigenvalue weighted by molar-refractivity contribution is 6.72. The van der Waals surface area contributed by atoms with Crippen LogP contribution in [0.3, 0.4) is 0 Å². The van der Waals surface area contributed by atoms with Gasteiger partial charge in [0.05, 0.1) is 31.3 Å². The summed E-state index contributed by atoms with van der Waals surface area (Å²) in [6.07, 6.45) is 3.55. The predicted molar refractivity (Wildman–Crippen MR) is 128 cm³/mol. The Morgan fingerprint density at radius 2 is 2.06 bits per heavy atom. The van der Waals surface area contributed by atoms with Crippen LogP contribution in [-0.2, 0) is 20.7 Å². The highest BCUT2D eigenvalue weighted by Gasteiger charge is 2.52. The largest absolute Gasteiger partial charge is 0.394 e. The number of hydrogen-bond acceptors (Lipinski definition) is 4. The van der Waals surface area contributed by atoms with Crippen LogP contribution in [0.5, 0.6) is 0 Å².